The van der Waals surface area contributed by atoms with Gasteiger partial charge in [-0.25, -0.2) is 9.18 Å². The molecule has 0 aliphatic rings. The van der Waals surface area contributed by atoms with E-state index in [1.54, 1.807) is 18.2 Å². The standard InChI is InChI=1S/C15H11FN2O2/c1-9-5-6-10(15(19)20)14(7-9)18-13-4-2-3-12(16)11(13)8-17/h2-7,18H,1H3,(H,19,20). The number of hydrogen-bond acceptors (Lipinski definition) is 3. The second-order valence-electron chi connectivity index (χ2n) is 4.25. The summed E-state index contributed by atoms with van der Waals surface area (Å²) < 4.78 is 13.5. The fourth-order valence-electron chi connectivity index (χ4n) is 1.84. The number of carbonyl (C=O) groups is 1. The number of rotatable bonds is 3. The predicted octanol–water partition coefficient (Wildman–Crippen LogP) is 3.45. The first-order chi connectivity index (χ1) is 9.52. The second kappa shape index (κ2) is 5.41. The fourth-order valence-corrected chi connectivity index (χ4v) is 1.84. The smallest absolute Gasteiger partial charge is 0.337 e. The van der Waals surface area contributed by atoms with E-state index in [-0.39, 0.29) is 16.8 Å². The van der Waals surface area contributed by atoms with E-state index >= 15 is 0 Å². The number of carboxylic acid groups (broad SMARTS) is 1. The molecular weight excluding hydrogens is 259 g/mol. The first-order valence-corrected chi connectivity index (χ1v) is 5.82. The minimum atomic E-state index is -1.09. The van der Waals surface area contributed by atoms with Crippen LogP contribution in [0.25, 0.3) is 0 Å². The topological polar surface area (TPSA) is 73.1 Å². The van der Waals surface area contributed by atoms with Gasteiger partial charge in [0, 0.05) is 0 Å². The number of nitriles is 1. The highest BCUT2D eigenvalue weighted by molar-refractivity contribution is 5.95. The molecule has 2 N–H and O–H groups in total. The third-order valence-electron chi connectivity index (χ3n) is 2.80. The van der Waals surface area contributed by atoms with Crippen LogP contribution in [0.5, 0.6) is 0 Å². The van der Waals surface area contributed by atoms with E-state index in [0.29, 0.717) is 5.69 Å². The summed E-state index contributed by atoms with van der Waals surface area (Å²) in [6.07, 6.45) is 0. The number of hydrogen-bond donors (Lipinski definition) is 2. The molecule has 0 bridgehead atoms. The number of nitrogens with one attached hydrogen (secondary N) is 1. The van der Waals surface area contributed by atoms with Crippen molar-refractivity contribution in [3.8, 4) is 6.07 Å². The van der Waals surface area contributed by atoms with E-state index < -0.39 is 11.8 Å². The first kappa shape index (κ1) is 13.6. The second-order valence-corrected chi connectivity index (χ2v) is 4.25. The van der Waals surface area contributed by atoms with E-state index in [9.17, 15) is 9.18 Å². The summed E-state index contributed by atoms with van der Waals surface area (Å²) in [6.45, 7) is 1.81. The molecule has 2 aromatic rings. The van der Waals surface area contributed by atoms with Gasteiger partial charge in [0.25, 0.3) is 0 Å². The lowest BCUT2D eigenvalue weighted by molar-refractivity contribution is 0.0698. The van der Waals surface area contributed by atoms with Gasteiger partial charge in [-0.1, -0.05) is 12.1 Å². The maximum atomic E-state index is 13.5. The normalized spacial score (nSPS) is 9.85. The number of nitrogens with zero attached hydrogens (tertiary/aromatic N) is 1. The molecule has 20 heavy (non-hydrogen) atoms. The molecule has 2 rings (SSSR count). The lowest BCUT2D eigenvalue weighted by atomic mass is 10.1. The summed E-state index contributed by atoms with van der Waals surface area (Å²) >= 11 is 0. The van der Waals surface area contributed by atoms with Crippen LogP contribution in [0, 0.1) is 24.1 Å². The number of benzene rings is 2. The molecule has 0 saturated carbocycles. The van der Waals surface area contributed by atoms with Crippen LogP contribution in [0.1, 0.15) is 21.5 Å². The summed E-state index contributed by atoms with van der Waals surface area (Å²) in [5.41, 5.74) is 1.32. The summed E-state index contributed by atoms with van der Waals surface area (Å²) in [6, 6.07) is 10.7. The van der Waals surface area contributed by atoms with Gasteiger partial charge >= 0.3 is 5.97 Å². The number of anilines is 2. The molecule has 0 spiro atoms. The molecular formula is C15H11FN2O2. The van der Waals surface area contributed by atoms with Crippen LogP contribution in [0.3, 0.4) is 0 Å². The summed E-state index contributed by atoms with van der Waals surface area (Å²) in [7, 11) is 0. The maximum Gasteiger partial charge on any atom is 0.337 e. The number of carboxylic acids is 1. The molecule has 0 saturated heterocycles. The molecule has 0 heterocycles. The highest BCUT2D eigenvalue weighted by atomic mass is 19.1. The summed E-state index contributed by atoms with van der Waals surface area (Å²) in [5, 5.41) is 20.9. The Morgan fingerprint density at radius 3 is 2.70 bits per heavy atom. The molecule has 100 valence electrons. The maximum absolute atomic E-state index is 13.5. The molecule has 2 aromatic carbocycles. The van der Waals surface area contributed by atoms with E-state index in [1.165, 1.54) is 24.3 Å². The van der Waals surface area contributed by atoms with Gasteiger partial charge < -0.3 is 10.4 Å². The quantitative estimate of drug-likeness (QED) is 0.895. The number of aryl methyl sites for hydroxylation is 1. The Kier molecular flexibility index (Phi) is 3.67. The third-order valence-corrected chi connectivity index (χ3v) is 2.80. The first-order valence-electron chi connectivity index (χ1n) is 5.82. The van der Waals surface area contributed by atoms with Crippen LogP contribution < -0.4 is 5.32 Å². The Balaban J connectivity index is 2.51. The molecule has 0 aromatic heterocycles. The lowest BCUT2D eigenvalue weighted by Crippen LogP contribution is -2.04. The number of halogens is 1. The van der Waals surface area contributed by atoms with Crippen molar-refractivity contribution in [3.63, 3.8) is 0 Å². The molecule has 0 fully saturated rings. The molecule has 4 nitrogen and oxygen atoms in total. The van der Waals surface area contributed by atoms with Crippen molar-refractivity contribution in [2.75, 3.05) is 5.32 Å². The minimum Gasteiger partial charge on any atom is -0.478 e. The molecule has 0 aliphatic heterocycles. The fraction of sp³-hybridized carbons (Fsp3) is 0.0667. The lowest BCUT2D eigenvalue weighted by Gasteiger charge is -2.12. The van der Waals surface area contributed by atoms with Gasteiger partial charge in [-0.3, -0.25) is 0 Å². The molecule has 0 aliphatic carbocycles. The van der Waals surface area contributed by atoms with Crippen LogP contribution in [-0.4, -0.2) is 11.1 Å². The highest BCUT2D eigenvalue weighted by Crippen LogP contribution is 2.26. The van der Waals surface area contributed by atoms with Gasteiger partial charge in [-0.15, -0.1) is 0 Å². The van der Waals surface area contributed by atoms with Crippen molar-refractivity contribution in [1.82, 2.24) is 0 Å². The molecule has 0 amide bonds. The summed E-state index contributed by atoms with van der Waals surface area (Å²) in [4.78, 5) is 11.2. The van der Waals surface area contributed by atoms with Gasteiger partial charge in [0.05, 0.1) is 16.9 Å². The molecule has 5 heteroatoms. The highest BCUT2D eigenvalue weighted by Gasteiger charge is 2.13. The van der Waals surface area contributed by atoms with E-state index in [1.807, 2.05) is 6.92 Å². The van der Waals surface area contributed by atoms with Crippen molar-refractivity contribution >= 4 is 17.3 Å². The Hall–Kier alpha value is -2.87. The Morgan fingerprint density at radius 1 is 1.30 bits per heavy atom. The molecule has 0 radical (unpaired) electrons. The van der Waals surface area contributed by atoms with Crippen molar-refractivity contribution in [3.05, 3.63) is 58.9 Å². The van der Waals surface area contributed by atoms with Crippen LogP contribution in [0.15, 0.2) is 36.4 Å². The Labute approximate surface area is 115 Å². The van der Waals surface area contributed by atoms with Crippen molar-refractivity contribution in [2.45, 2.75) is 6.92 Å². The van der Waals surface area contributed by atoms with Gasteiger partial charge in [-0.2, -0.15) is 5.26 Å². The molecule has 0 unspecified atom stereocenters. The average Bonchev–Trinajstić information content (AvgIpc) is 2.38. The van der Waals surface area contributed by atoms with E-state index in [0.717, 1.165) is 5.56 Å². The third kappa shape index (κ3) is 2.59. The van der Waals surface area contributed by atoms with Crippen molar-refractivity contribution < 1.29 is 14.3 Å². The molecule has 0 atom stereocenters. The van der Waals surface area contributed by atoms with Crippen LogP contribution in [-0.2, 0) is 0 Å². The van der Waals surface area contributed by atoms with Crippen LogP contribution >= 0.6 is 0 Å². The zero-order chi connectivity index (χ0) is 14.7. The number of aromatic carboxylic acids is 1. The average molecular weight is 270 g/mol. The van der Waals surface area contributed by atoms with Gasteiger partial charge in [0.15, 0.2) is 0 Å². The van der Waals surface area contributed by atoms with Crippen LogP contribution in [0.4, 0.5) is 15.8 Å². The van der Waals surface area contributed by atoms with Crippen molar-refractivity contribution in [1.29, 1.82) is 5.26 Å². The Bertz CT molecular complexity index is 720. The van der Waals surface area contributed by atoms with Crippen molar-refractivity contribution in [2.24, 2.45) is 0 Å². The van der Waals surface area contributed by atoms with Gasteiger partial charge in [0.1, 0.15) is 17.4 Å². The Morgan fingerprint density at radius 2 is 2.05 bits per heavy atom. The van der Waals surface area contributed by atoms with E-state index in [2.05, 4.69) is 5.32 Å². The minimum absolute atomic E-state index is 0.0590. The monoisotopic (exact) mass is 270 g/mol. The van der Waals surface area contributed by atoms with Crippen LogP contribution in [0.2, 0.25) is 0 Å². The largest absolute Gasteiger partial charge is 0.478 e. The van der Waals surface area contributed by atoms with Gasteiger partial charge in [0.2, 0.25) is 0 Å². The summed E-state index contributed by atoms with van der Waals surface area (Å²) in [5.74, 6) is -1.75. The SMILES string of the molecule is Cc1ccc(C(=O)O)c(Nc2cccc(F)c2C#N)c1. The predicted molar refractivity (Wildman–Crippen MR) is 72.5 cm³/mol. The van der Waals surface area contributed by atoms with E-state index in [4.69, 9.17) is 10.4 Å². The zero-order valence-corrected chi connectivity index (χ0v) is 10.6. The zero-order valence-electron chi connectivity index (χ0n) is 10.6. The van der Waals surface area contributed by atoms with Gasteiger partial charge in [-0.05, 0) is 36.8 Å².